The van der Waals surface area contributed by atoms with Crippen LogP contribution < -0.4 is 0 Å². The molecule has 16 heavy (non-hydrogen) atoms. The monoisotopic (exact) mass is 218 g/mol. The zero-order valence-electron chi connectivity index (χ0n) is 10.2. The number of hydrogen-bond acceptors (Lipinski definition) is 1. The Kier molecular flexibility index (Phi) is 2.01. The minimum Gasteiger partial charge on any atom is -0.481 e. The van der Waals surface area contributed by atoms with Crippen LogP contribution in [0.2, 0.25) is 0 Å². The first-order valence-corrected chi connectivity index (χ1v) is 5.59. The number of aliphatic carboxylic acids is 1. The highest BCUT2D eigenvalue weighted by Crippen LogP contribution is 2.77. The molecular weight excluding hydrogens is 200 g/mol. The minimum atomic E-state index is -0.705. The number of rotatable bonds is 2. The quantitative estimate of drug-likeness (QED) is 0.828. The first-order valence-electron chi connectivity index (χ1n) is 5.59. The second kappa shape index (κ2) is 2.88. The number of benzene rings is 1. The van der Waals surface area contributed by atoms with Gasteiger partial charge in [-0.1, -0.05) is 51.1 Å². The summed E-state index contributed by atoms with van der Waals surface area (Å²) in [6.07, 6.45) is 0. The minimum absolute atomic E-state index is 0.215. The molecule has 0 aromatic heterocycles. The Morgan fingerprint density at radius 1 is 1.06 bits per heavy atom. The fourth-order valence-corrected chi connectivity index (χ4v) is 3.25. The summed E-state index contributed by atoms with van der Waals surface area (Å²) < 4.78 is 0. The lowest BCUT2D eigenvalue weighted by Crippen LogP contribution is -2.21. The molecular formula is C14H18O2. The van der Waals surface area contributed by atoms with Crippen molar-refractivity contribution in [1.29, 1.82) is 0 Å². The summed E-state index contributed by atoms with van der Waals surface area (Å²) in [7, 11) is 0. The molecule has 0 radical (unpaired) electrons. The van der Waals surface area contributed by atoms with Gasteiger partial charge in [0, 0.05) is 5.41 Å². The highest BCUT2D eigenvalue weighted by Gasteiger charge is 2.81. The third kappa shape index (κ3) is 0.909. The fourth-order valence-electron chi connectivity index (χ4n) is 3.25. The van der Waals surface area contributed by atoms with E-state index < -0.39 is 11.4 Å². The van der Waals surface area contributed by atoms with Gasteiger partial charge in [-0.25, -0.2) is 0 Å². The van der Waals surface area contributed by atoms with Crippen molar-refractivity contribution in [3.05, 3.63) is 35.9 Å². The van der Waals surface area contributed by atoms with E-state index in [1.54, 1.807) is 0 Å². The molecule has 0 aliphatic heterocycles. The summed E-state index contributed by atoms with van der Waals surface area (Å²) in [5.74, 6) is -0.705. The predicted octanol–water partition coefficient (Wildman–Crippen LogP) is 3.08. The second-order valence-electron chi connectivity index (χ2n) is 5.55. The predicted molar refractivity (Wildman–Crippen MR) is 63.3 cm³/mol. The van der Waals surface area contributed by atoms with Crippen LogP contribution >= 0.6 is 0 Å². The van der Waals surface area contributed by atoms with E-state index in [0.717, 1.165) is 5.56 Å². The van der Waals surface area contributed by atoms with E-state index in [-0.39, 0.29) is 10.8 Å². The van der Waals surface area contributed by atoms with Crippen LogP contribution in [0.15, 0.2) is 30.3 Å². The lowest BCUT2D eigenvalue weighted by atomic mass is 9.88. The van der Waals surface area contributed by atoms with E-state index in [4.69, 9.17) is 0 Å². The molecule has 1 saturated carbocycles. The smallest absolute Gasteiger partial charge is 0.310 e. The Balaban J connectivity index is 2.55. The Bertz CT molecular complexity index is 435. The van der Waals surface area contributed by atoms with Gasteiger partial charge in [0.2, 0.25) is 0 Å². The van der Waals surface area contributed by atoms with Gasteiger partial charge in [-0.2, -0.15) is 0 Å². The van der Waals surface area contributed by atoms with Crippen molar-refractivity contribution < 1.29 is 9.90 Å². The summed E-state index contributed by atoms with van der Waals surface area (Å²) in [5.41, 5.74) is -0.0633. The second-order valence-corrected chi connectivity index (χ2v) is 5.55. The van der Waals surface area contributed by atoms with Crippen LogP contribution in [0.5, 0.6) is 0 Å². The number of carboxylic acid groups (broad SMARTS) is 1. The normalized spacial score (nSPS) is 35.8. The summed E-state index contributed by atoms with van der Waals surface area (Å²) in [6, 6.07) is 9.95. The average molecular weight is 218 g/mol. The largest absolute Gasteiger partial charge is 0.481 e. The molecule has 1 fully saturated rings. The number of carbonyl (C=O) groups is 1. The molecule has 2 heteroatoms. The Hall–Kier alpha value is -1.31. The van der Waals surface area contributed by atoms with Crippen LogP contribution in [0.4, 0.5) is 0 Å². The number of hydrogen-bond donors (Lipinski definition) is 1. The van der Waals surface area contributed by atoms with E-state index in [1.165, 1.54) is 0 Å². The van der Waals surface area contributed by atoms with E-state index >= 15 is 0 Å². The van der Waals surface area contributed by atoms with Crippen LogP contribution in [-0.2, 0) is 10.2 Å². The third-order valence-electron chi connectivity index (χ3n) is 5.22. The van der Waals surface area contributed by atoms with Crippen molar-refractivity contribution >= 4 is 5.97 Å². The van der Waals surface area contributed by atoms with Gasteiger partial charge in [-0.05, 0) is 17.9 Å². The topological polar surface area (TPSA) is 37.3 Å². The maximum Gasteiger partial charge on any atom is 0.310 e. The van der Waals surface area contributed by atoms with Gasteiger partial charge >= 0.3 is 5.97 Å². The maximum absolute atomic E-state index is 11.5. The summed E-state index contributed by atoms with van der Waals surface area (Å²) in [5, 5.41) is 9.45. The molecule has 0 heterocycles. The van der Waals surface area contributed by atoms with Gasteiger partial charge in [-0.15, -0.1) is 0 Å². The zero-order valence-corrected chi connectivity index (χ0v) is 10.2. The van der Waals surface area contributed by atoms with Gasteiger partial charge in [0.05, 0.1) is 5.41 Å². The van der Waals surface area contributed by atoms with Crippen LogP contribution in [0.25, 0.3) is 0 Å². The molecule has 0 bridgehead atoms. The van der Waals surface area contributed by atoms with Gasteiger partial charge in [-0.3, -0.25) is 4.79 Å². The highest BCUT2D eigenvalue weighted by molar-refractivity contribution is 5.84. The number of carboxylic acids is 1. The van der Waals surface area contributed by atoms with Gasteiger partial charge in [0.15, 0.2) is 0 Å². The first-order chi connectivity index (χ1) is 7.30. The molecule has 1 aromatic carbocycles. The molecule has 2 unspecified atom stereocenters. The van der Waals surface area contributed by atoms with Crippen molar-refractivity contribution in [2.45, 2.75) is 33.1 Å². The first kappa shape index (κ1) is 11.2. The fraction of sp³-hybridized carbons (Fsp3) is 0.500. The molecule has 2 rings (SSSR count). The molecule has 2 nitrogen and oxygen atoms in total. The highest BCUT2D eigenvalue weighted by atomic mass is 16.4. The zero-order chi connectivity index (χ0) is 12.2. The van der Waals surface area contributed by atoms with E-state index in [9.17, 15) is 9.90 Å². The SMILES string of the molecule is CC1(C)C(C)(C(=O)O)C1(C)c1ccccc1. The molecule has 0 spiro atoms. The lowest BCUT2D eigenvalue weighted by Gasteiger charge is -2.15. The van der Waals surface area contributed by atoms with Crippen molar-refractivity contribution in [3.63, 3.8) is 0 Å². The van der Waals surface area contributed by atoms with E-state index in [2.05, 4.69) is 6.92 Å². The third-order valence-corrected chi connectivity index (χ3v) is 5.22. The van der Waals surface area contributed by atoms with E-state index in [1.807, 2.05) is 51.1 Å². The molecule has 1 aliphatic carbocycles. The molecule has 2 atom stereocenters. The van der Waals surface area contributed by atoms with Crippen LogP contribution in [0, 0.1) is 10.8 Å². The van der Waals surface area contributed by atoms with Gasteiger partial charge in [0.1, 0.15) is 0 Å². The van der Waals surface area contributed by atoms with Crippen molar-refractivity contribution in [3.8, 4) is 0 Å². The lowest BCUT2D eigenvalue weighted by molar-refractivity contribution is -0.144. The Morgan fingerprint density at radius 2 is 1.56 bits per heavy atom. The van der Waals surface area contributed by atoms with Crippen molar-refractivity contribution in [1.82, 2.24) is 0 Å². The Morgan fingerprint density at radius 3 is 1.94 bits per heavy atom. The molecule has 0 saturated heterocycles. The average Bonchev–Trinajstić information content (AvgIpc) is 2.62. The molecule has 86 valence electrons. The molecule has 1 aliphatic rings. The standard InChI is InChI=1S/C14H18O2/c1-12(2)13(3,14(12,4)11(15)16)10-8-6-5-7-9-10/h5-9H,1-4H3,(H,15,16). The maximum atomic E-state index is 11.5. The van der Waals surface area contributed by atoms with Crippen molar-refractivity contribution in [2.24, 2.45) is 10.8 Å². The molecule has 1 aromatic rings. The van der Waals surface area contributed by atoms with Gasteiger partial charge in [0.25, 0.3) is 0 Å². The van der Waals surface area contributed by atoms with Crippen LogP contribution in [0.1, 0.15) is 33.3 Å². The van der Waals surface area contributed by atoms with Crippen molar-refractivity contribution in [2.75, 3.05) is 0 Å². The summed E-state index contributed by atoms with van der Waals surface area (Å²) >= 11 is 0. The molecule has 0 amide bonds. The van der Waals surface area contributed by atoms with Crippen LogP contribution in [-0.4, -0.2) is 11.1 Å². The molecule has 1 N–H and O–H groups in total. The summed E-state index contributed by atoms with van der Waals surface area (Å²) in [4.78, 5) is 11.5. The van der Waals surface area contributed by atoms with E-state index in [0.29, 0.717) is 0 Å². The van der Waals surface area contributed by atoms with Crippen LogP contribution in [0.3, 0.4) is 0 Å². The Labute approximate surface area is 96.3 Å². The summed E-state index contributed by atoms with van der Waals surface area (Å²) in [6.45, 7) is 7.97. The van der Waals surface area contributed by atoms with Gasteiger partial charge < -0.3 is 5.11 Å².